The molecule has 0 aromatic heterocycles. The van der Waals surface area contributed by atoms with E-state index in [0.29, 0.717) is 0 Å². The summed E-state index contributed by atoms with van der Waals surface area (Å²) in [5.41, 5.74) is 4.99. The van der Waals surface area contributed by atoms with Crippen LogP contribution in [-0.2, 0) is 4.74 Å². The van der Waals surface area contributed by atoms with Gasteiger partial charge in [-0.3, -0.25) is 5.32 Å². The Morgan fingerprint density at radius 3 is 2.50 bits per heavy atom. The molecule has 1 aromatic carbocycles. The van der Waals surface area contributed by atoms with Gasteiger partial charge >= 0.3 is 12.2 Å². The number of aliphatic hydroxyl groups is 1. The van der Waals surface area contributed by atoms with Gasteiger partial charge in [0, 0.05) is 10.6 Å². The number of halogens is 1. The summed E-state index contributed by atoms with van der Waals surface area (Å²) in [6, 6.07) is 6.19. The van der Waals surface area contributed by atoms with Gasteiger partial charge in [-0.15, -0.1) is 0 Å². The maximum atomic E-state index is 10.6. The van der Waals surface area contributed by atoms with Gasteiger partial charge in [0.1, 0.15) is 6.10 Å². The minimum Gasteiger partial charge on any atom is -0.465 e. The highest BCUT2D eigenvalue weighted by Crippen LogP contribution is 2.25. The van der Waals surface area contributed by atoms with E-state index in [9.17, 15) is 14.7 Å². The first-order chi connectivity index (χ1) is 8.41. The van der Waals surface area contributed by atoms with E-state index < -0.39 is 24.5 Å². The Balaban J connectivity index is 2.94. The van der Waals surface area contributed by atoms with Crippen molar-refractivity contribution in [2.75, 3.05) is 0 Å². The smallest absolute Gasteiger partial charge is 0.407 e. The number of ether oxygens (including phenoxy) is 1. The van der Waals surface area contributed by atoms with Gasteiger partial charge in [0.25, 0.3) is 0 Å². The highest BCUT2D eigenvalue weighted by Gasteiger charge is 2.27. The zero-order valence-electron chi connectivity index (χ0n) is 9.04. The first-order valence-electron chi connectivity index (χ1n) is 4.80. The van der Waals surface area contributed by atoms with Crippen LogP contribution in [-0.4, -0.2) is 28.6 Å². The summed E-state index contributed by atoms with van der Waals surface area (Å²) in [5, 5.41) is 20.5. The number of hydrogen-bond acceptors (Lipinski definition) is 4. The third kappa shape index (κ3) is 3.79. The Morgan fingerprint density at radius 1 is 1.39 bits per heavy atom. The fourth-order valence-electron chi connectivity index (χ4n) is 1.30. The Bertz CT molecular complexity index is 438. The number of carbonyl (C=O) groups excluding carboxylic acids is 1. The van der Waals surface area contributed by atoms with E-state index in [2.05, 4.69) is 4.74 Å². The SMILES string of the molecule is NC(=O)OC(NC(=O)O)C(O)c1ccccc1Cl. The molecule has 0 radical (unpaired) electrons. The lowest BCUT2D eigenvalue weighted by Gasteiger charge is -2.22. The summed E-state index contributed by atoms with van der Waals surface area (Å²) < 4.78 is 4.47. The number of primary amides is 1. The molecule has 2 amide bonds. The van der Waals surface area contributed by atoms with Crippen molar-refractivity contribution in [3.8, 4) is 0 Å². The highest BCUT2D eigenvalue weighted by atomic mass is 35.5. The topological polar surface area (TPSA) is 122 Å². The quantitative estimate of drug-likeness (QED) is 0.612. The van der Waals surface area contributed by atoms with Gasteiger partial charge in [0.05, 0.1) is 0 Å². The Morgan fingerprint density at radius 2 is 2.00 bits per heavy atom. The average Bonchev–Trinajstić information content (AvgIpc) is 2.26. The molecule has 8 heteroatoms. The Hall–Kier alpha value is -1.99. The monoisotopic (exact) mass is 274 g/mol. The van der Waals surface area contributed by atoms with Gasteiger partial charge < -0.3 is 20.7 Å². The third-order valence-electron chi connectivity index (χ3n) is 2.02. The van der Waals surface area contributed by atoms with E-state index in [4.69, 9.17) is 22.4 Å². The fraction of sp³-hybridized carbons (Fsp3) is 0.200. The van der Waals surface area contributed by atoms with E-state index in [1.807, 2.05) is 5.32 Å². The minimum absolute atomic E-state index is 0.204. The standard InChI is InChI=1S/C10H11ClN2O5/c11-6-4-2-1-3-5(6)7(14)8(13-10(16)17)18-9(12)15/h1-4,7-8,13-14H,(H2,12,15)(H,16,17). The van der Waals surface area contributed by atoms with Crippen LogP contribution in [0.3, 0.4) is 0 Å². The largest absolute Gasteiger partial charge is 0.465 e. The number of benzene rings is 1. The van der Waals surface area contributed by atoms with Crippen LogP contribution in [0.4, 0.5) is 9.59 Å². The molecule has 0 saturated carbocycles. The fourth-order valence-corrected chi connectivity index (χ4v) is 1.55. The van der Waals surface area contributed by atoms with Gasteiger partial charge in [0.2, 0.25) is 6.23 Å². The number of aliphatic hydroxyl groups excluding tert-OH is 1. The van der Waals surface area contributed by atoms with Crippen LogP contribution in [0.1, 0.15) is 11.7 Å². The molecule has 1 rings (SSSR count). The van der Waals surface area contributed by atoms with Crippen molar-refractivity contribution >= 4 is 23.8 Å². The average molecular weight is 275 g/mol. The molecule has 0 fully saturated rings. The molecule has 7 nitrogen and oxygen atoms in total. The van der Waals surface area contributed by atoms with Crippen LogP contribution in [0, 0.1) is 0 Å². The lowest BCUT2D eigenvalue weighted by Crippen LogP contribution is -2.43. The second-order valence-corrected chi connectivity index (χ2v) is 3.68. The Kier molecular flexibility index (Phi) is 4.75. The summed E-state index contributed by atoms with van der Waals surface area (Å²) in [5.74, 6) is 0. The summed E-state index contributed by atoms with van der Waals surface area (Å²) in [7, 11) is 0. The molecule has 0 bridgehead atoms. The lowest BCUT2D eigenvalue weighted by molar-refractivity contribution is -0.0108. The van der Waals surface area contributed by atoms with Crippen molar-refractivity contribution in [3.05, 3.63) is 34.9 Å². The summed E-state index contributed by atoms with van der Waals surface area (Å²) >= 11 is 5.83. The normalized spacial score (nSPS) is 13.4. The minimum atomic E-state index is -1.54. The number of nitrogens with two attached hydrogens (primary N) is 1. The molecule has 0 aliphatic carbocycles. The van der Waals surface area contributed by atoms with Crippen LogP contribution >= 0.6 is 11.6 Å². The van der Waals surface area contributed by atoms with Gasteiger partial charge in [-0.25, -0.2) is 9.59 Å². The number of nitrogens with one attached hydrogen (secondary N) is 1. The molecular formula is C10H11ClN2O5. The lowest BCUT2D eigenvalue weighted by atomic mass is 10.1. The van der Waals surface area contributed by atoms with Crippen molar-refractivity contribution in [2.45, 2.75) is 12.3 Å². The van der Waals surface area contributed by atoms with E-state index in [0.717, 1.165) is 0 Å². The second-order valence-electron chi connectivity index (χ2n) is 3.27. The zero-order valence-corrected chi connectivity index (χ0v) is 9.79. The summed E-state index contributed by atoms with van der Waals surface area (Å²) in [4.78, 5) is 21.2. The van der Waals surface area contributed by atoms with Crippen LogP contribution in [0.2, 0.25) is 5.02 Å². The van der Waals surface area contributed by atoms with Crippen LogP contribution in [0.5, 0.6) is 0 Å². The van der Waals surface area contributed by atoms with Gasteiger partial charge in [0.15, 0.2) is 0 Å². The van der Waals surface area contributed by atoms with Crippen molar-refractivity contribution in [3.63, 3.8) is 0 Å². The molecule has 5 N–H and O–H groups in total. The maximum absolute atomic E-state index is 10.6. The van der Waals surface area contributed by atoms with Crippen molar-refractivity contribution < 1.29 is 24.5 Å². The molecule has 98 valence electrons. The molecule has 0 saturated heterocycles. The van der Waals surface area contributed by atoms with E-state index in [1.54, 1.807) is 12.1 Å². The molecule has 0 spiro atoms. The number of amides is 2. The van der Waals surface area contributed by atoms with Gasteiger partial charge in [-0.1, -0.05) is 29.8 Å². The van der Waals surface area contributed by atoms with Crippen LogP contribution < -0.4 is 11.1 Å². The number of carbonyl (C=O) groups is 2. The first kappa shape index (κ1) is 14.1. The van der Waals surface area contributed by atoms with Crippen molar-refractivity contribution in [1.29, 1.82) is 0 Å². The molecular weight excluding hydrogens is 264 g/mol. The molecule has 0 aliphatic heterocycles. The first-order valence-corrected chi connectivity index (χ1v) is 5.17. The third-order valence-corrected chi connectivity index (χ3v) is 2.36. The zero-order chi connectivity index (χ0) is 13.7. The number of hydrogen-bond donors (Lipinski definition) is 4. The molecule has 0 aliphatic rings. The van der Waals surface area contributed by atoms with Crippen LogP contribution in [0.25, 0.3) is 0 Å². The summed E-state index contributed by atoms with van der Waals surface area (Å²) in [6.45, 7) is 0. The number of carboxylic acid groups (broad SMARTS) is 1. The highest BCUT2D eigenvalue weighted by molar-refractivity contribution is 6.31. The van der Waals surface area contributed by atoms with E-state index in [1.165, 1.54) is 12.1 Å². The van der Waals surface area contributed by atoms with Crippen LogP contribution in [0.15, 0.2) is 24.3 Å². The molecule has 1 aromatic rings. The predicted octanol–water partition coefficient (Wildman–Crippen LogP) is 1.06. The van der Waals surface area contributed by atoms with Crippen molar-refractivity contribution in [2.24, 2.45) is 5.73 Å². The maximum Gasteiger partial charge on any atom is 0.407 e. The summed E-state index contributed by atoms with van der Waals surface area (Å²) in [6.07, 6.45) is -5.71. The van der Waals surface area contributed by atoms with E-state index in [-0.39, 0.29) is 10.6 Å². The molecule has 18 heavy (non-hydrogen) atoms. The molecule has 2 atom stereocenters. The van der Waals surface area contributed by atoms with Gasteiger partial charge in [-0.2, -0.15) is 0 Å². The molecule has 0 heterocycles. The Labute approximate surface area is 107 Å². The van der Waals surface area contributed by atoms with Crippen molar-refractivity contribution in [1.82, 2.24) is 5.32 Å². The molecule has 2 unspecified atom stereocenters. The van der Waals surface area contributed by atoms with E-state index >= 15 is 0 Å². The second kappa shape index (κ2) is 6.08. The number of rotatable bonds is 4. The van der Waals surface area contributed by atoms with Gasteiger partial charge in [-0.05, 0) is 6.07 Å². The predicted molar refractivity (Wildman–Crippen MR) is 62.0 cm³/mol.